The lowest BCUT2D eigenvalue weighted by Crippen LogP contribution is -2.11. The molecule has 0 radical (unpaired) electrons. The third-order valence-electron chi connectivity index (χ3n) is 2.14. The molecule has 0 aromatic carbocycles. The minimum Gasteiger partial charge on any atom is -0.248 e. The van der Waals surface area contributed by atoms with Crippen molar-refractivity contribution in [3.8, 4) is 130 Å². The van der Waals surface area contributed by atoms with E-state index in [9.17, 15) is 8.42 Å². The van der Waals surface area contributed by atoms with Crippen molar-refractivity contribution in [2.24, 2.45) is 16.3 Å². The maximum atomic E-state index is 11.3. The van der Waals surface area contributed by atoms with Crippen LogP contribution in [-0.4, -0.2) is 14.2 Å². The number of nitrogens with zero attached hydrogens (tertiary/aromatic N) is 2. The van der Waals surface area contributed by atoms with E-state index in [2.05, 4.69) is 145 Å². The van der Waals surface area contributed by atoms with E-state index >= 15 is 0 Å². The predicted octanol–water partition coefficient (Wildman–Crippen LogP) is 1.37. The van der Waals surface area contributed by atoms with Crippen LogP contribution in [0, 0.1) is 136 Å². The summed E-state index contributed by atoms with van der Waals surface area (Å²) in [6.07, 6.45) is 0. The Kier molecular flexibility index (Phi) is 16.5. The van der Waals surface area contributed by atoms with Gasteiger partial charge in [0.15, 0.2) is 0 Å². The van der Waals surface area contributed by atoms with Crippen LogP contribution >= 0.6 is 0 Å². The molecule has 0 atom stereocenters. The van der Waals surface area contributed by atoms with Crippen LogP contribution in [-0.2, 0) is 14.4 Å². The highest BCUT2D eigenvalue weighted by Gasteiger charge is 2.13. The molecule has 0 aliphatic heterocycles. The zero-order chi connectivity index (χ0) is 24.5. The SMILES string of the molecule is CC#CC#CC#CC#CC#CC#CC#CC#CC#CC#CC#CN=NOS(=O)(=O)CC(C)C. The van der Waals surface area contributed by atoms with Gasteiger partial charge in [-0.15, -0.1) is 0 Å². The molecule has 0 aromatic rings. The fourth-order valence-corrected chi connectivity index (χ4v) is 2.22. The zero-order valence-electron chi connectivity index (χ0n) is 17.8. The molecule has 0 unspecified atom stereocenters. The van der Waals surface area contributed by atoms with Gasteiger partial charge in [-0.25, -0.2) is 4.28 Å². The van der Waals surface area contributed by atoms with Gasteiger partial charge in [0.1, 0.15) is 0 Å². The standard InChI is InChI=1S/C27H12N2O3S/c1-4-5-6-7-8-9-10-11-12-13-14-15-16-17-18-19-20-21-22-23-24-25-28-29-32-33(30,31)26-27(2)3/h27H,26H2,1-3H3. The second-order valence-electron chi connectivity index (χ2n) is 5.24. The Hall–Kier alpha value is -5.49. The maximum absolute atomic E-state index is 11.3. The van der Waals surface area contributed by atoms with Crippen molar-refractivity contribution in [2.75, 3.05) is 5.75 Å². The summed E-state index contributed by atoms with van der Waals surface area (Å²) >= 11 is 0. The Bertz CT molecular complexity index is 1570. The minimum absolute atomic E-state index is 0.0911. The van der Waals surface area contributed by atoms with E-state index in [0.717, 1.165) is 0 Å². The van der Waals surface area contributed by atoms with Crippen LogP contribution in [0.1, 0.15) is 20.8 Å². The minimum atomic E-state index is -3.75. The average Bonchev–Trinajstić information content (AvgIpc) is 2.75. The van der Waals surface area contributed by atoms with Crippen LogP contribution in [0.3, 0.4) is 0 Å². The summed E-state index contributed by atoms with van der Waals surface area (Å²) in [6, 6.07) is 2.14. The van der Waals surface area contributed by atoms with Crippen molar-refractivity contribution < 1.29 is 12.7 Å². The van der Waals surface area contributed by atoms with E-state index in [1.165, 1.54) is 0 Å². The molecular weight excluding hydrogens is 432 g/mol. The van der Waals surface area contributed by atoms with E-state index in [4.69, 9.17) is 0 Å². The summed E-state index contributed by atoms with van der Waals surface area (Å²) in [7, 11) is -3.75. The molecule has 0 aliphatic carbocycles. The summed E-state index contributed by atoms with van der Waals surface area (Å²) in [5.74, 6) is 51.5. The van der Waals surface area contributed by atoms with Crippen LogP contribution in [0.2, 0.25) is 0 Å². The van der Waals surface area contributed by atoms with Crippen LogP contribution < -0.4 is 0 Å². The lowest BCUT2D eigenvalue weighted by atomic mass is 10.3. The van der Waals surface area contributed by atoms with E-state index in [1.54, 1.807) is 20.8 Å². The molecule has 5 nitrogen and oxygen atoms in total. The van der Waals surface area contributed by atoms with Gasteiger partial charge in [0.05, 0.1) is 17.1 Å². The summed E-state index contributed by atoms with van der Waals surface area (Å²) in [5, 5.41) is 6.21. The van der Waals surface area contributed by atoms with Crippen LogP contribution in [0.4, 0.5) is 0 Å². The first kappa shape index (κ1) is 27.5. The molecule has 0 spiro atoms. The highest BCUT2D eigenvalue weighted by Crippen LogP contribution is 2.02. The largest absolute Gasteiger partial charge is 0.330 e. The third-order valence-corrected chi connectivity index (χ3v) is 3.51. The van der Waals surface area contributed by atoms with E-state index in [-0.39, 0.29) is 11.7 Å². The molecule has 154 valence electrons. The van der Waals surface area contributed by atoms with Crippen LogP contribution in [0.15, 0.2) is 10.4 Å². The Morgan fingerprint density at radius 2 is 0.939 bits per heavy atom. The summed E-state index contributed by atoms with van der Waals surface area (Å²) in [6.45, 7) is 5.15. The summed E-state index contributed by atoms with van der Waals surface area (Å²) in [4.78, 5) is 0. The molecule has 0 N–H and O–H groups in total. The summed E-state index contributed by atoms with van der Waals surface area (Å²) in [5.41, 5.74) is 0. The first-order valence-corrected chi connectivity index (χ1v) is 10.3. The molecular formula is C27H12N2O3S. The second kappa shape index (κ2) is 19.8. The average molecular weight is 444 g/mol. The first-order chi connectivity index (χ1) is 16.0. The van der Waals surface area contributed by atoms with E-state index < -0.39 is 10.1 Å². The fraction of sp³-hybridized carbons (Fsp3) is 0.185. The van der Waals surface area contributed by atoms with Gasteiger partial charge in [-0.1, -0.05) is 24.9 Å². The van der Waals surface area contributed by atoms with Gasteiger partial charge in [-0.3, -0.25) is 0 Å². The Balaban J connectivity index is 4.46. The first-order valence-electron chi connectivity index (χ1n) is 8.71. The topological polar surface area (TPSA) is 68.1 Å². The lowest BCUT2D eigenvalue weighted by molar-refractivity contribution is 0.311. The van der Waals surface area contributed by atoms with Gasteiger partial charge in [0.2, 0.25) is 0 Å². The normalized spacial score (nSPS) is 6.91. The van der Waals surface area contributed by atoms with Gasteiger partial charge in [0, 0.05) is 71.0 Å². The van der Waals surface area contributed by atoms with Gasteiger partial charge >= 0.3 is 10.1 Å². The van der Waals surface area contributed by atoms with Crippen molar-refractivity contribution in [1.82, 2.24) is 0 Å². The molecule has 0 heterocycles. The Morgan fingerprint density at radius 1 is 0.606 bits per heavy atom. The Labute approximate surface area is 196 Å². The van der Waals surface area contributed by atoms with Crippen molar-refractivity contribution in [3.05, 3.63) is 0 Å². The molecule has 0 saturated heterocycles. The molecule has 0 bridgehead atoms. The lowest BCUT2D eigenvalue weighted by Gasteiger charge is -2.01. The molecule has 6 heteroatoms. The molecule has 0 fully saturated rings. The molecule has 0 aliphatic rings. The van der Waals surface area contributed by atoms with Gasteiger partial charge in [-0.05, 0) is 60.2 Å². The monoisotopic (exact) mass is 444 g/mol. The second-order valence-corrected chi connectivity index (χ2v) is 6.83. The molecule has 0 rings (SSSR count). The van der Waals surface area contributed by atoms with E-state index in [0.29, 0.717) is 0 Å². The molecule has 33 heavy (non-hydrogen) atoms. The highest BCUT2D eigenvalue weighted by molar-refractivity contribution is 7.86. The Morgan fingerprint density at radius 3 is 1.27 bits per heavy atom. The predicted molar refractivity (Wildman–Crippen MR) is 126 cm³/mol. The van der Waals surface area contributed by atoms with Crippen molar-refractivity contribution in [2.45, 2.75) is 20.8 Å². The number of rotatable bonds is 4. The van der Waals surface area contributed by atoms with Crippen molar-refractivity contribution >= 4 is 10.1 Å². The molecule has 0 aromatic heterocycles. The fourth-order valence-electron chi connectivity index (χ4n) is 1.20. The number of hydrogen-bond donors (Lipinski definition) is 0. The van der Waals surface area contributed by atoms with Crippen LogP contribution in [0.25, 0.3) is 0 Å². The summed E-state index contributed by atoms with van der Waals surface area (Å²) < 4.78 is 27.0. The van der Waals surface area contributed by atoms with E-state index in [1.807, 2.05) is 0 Å². The smallest absolute Gasteiger partial charge is 0.248 e. The zero-order valence-corrected chi connectivity index (χ0v) is 18.6. The third kappa shape index (κ3) is 22.7. The highest BCUT2D eigenvalue weighted by atomic mass is 32.2. The number of hydrogen-bond acceptors (Lipinski definition) is 5. The molecule has 0 amide bonds. The quantitative estimate of drug-likeness (QED) is 0.374. The maximum Gasteiger partial charge on any atom is 0.330 e. The van der Waals surface area contributed by atoms with Crippen molar-refractivity contribution in [1.29, 1.82) is 0 Å². The van der Waals surface area contributed by atoms with Gasteiger partial charge < -0.3 is 0 Å². The molecule has 0 saturated carbocycles. The van der Waals surface area contributed by atoms with Crippen molar-refractivity contribution in [3.63, 3.8) is 0 Å². The van der Waals surface area contributed by atoms with Gasteiger partial charge in [0.25, 0.3) is 0 Å². The van der Waals surface area contributed by atoms with Crippen LogP contribution in [0.5, 0.6) is 0 Å². The van der Waals surface area contributed by atoms with Gasteiger partial charge in [-0.2, -0.15) is 8.42 Å².